The molecule has 0 saturated heterocycles. The Hall–Kier alpha value is -2.80. The number of nitrogens with zero attached hydrogens (tertiary/aromatic N) is 1. The van der Waals surface area contributed by atoms with Gasteiger partial charge in [0.25, 0.3) is 0 Å². The van der Waals surface area contributed by atoms with Gasteiger partial charge >= 0.3 is 0 Å². The van der Waals surface area contributed by atoms with Crippen LogP contribution in [0.1, 0.15) is 0 Å². The zero-order chi connectivity index (χ0) is 14.9. The van der Waals surface area contributed by atoms with Crippen molar-refractivity contribution in [3.63, 3.8) is 0 Å². The van der Waals surface area contributed by atoms with Crippen LogP contribution in [0.3, 0.4) is 0 Å². The van der Waals surface area contributed by atoms with Crippen LogP contribution in [0, 0.1) is 0 Å². The smallest absolute Gasteiger partial charge is 0.0562 e. The average molecular weight is 283 g/mol. The van der Waals surface area contributed by atoms with Gasteiger partial charge in [0.1, 0.15) is 0 Å². The van der Waals surface area contributed by atoms with E-state index in [-0.39, 0.29) is 0 Å². The number of hydrogen-bond donors (Lipinski definition) is 0. The van der Waals surface area contributed by atoms with Gasteiger partial charge in [-0.15, -0.1) is 0 Å². The number of fused-ring (bicyclic) bond motifs is 1. The van der Waals surface area contributed by atoms with Gasteiger partial charge in [0.15, 0.2) is 0 Å². The highest BCUT2D eigenvalue weighted by molar-refractivity contribution is 6.05. The molecule has 0 N–H and O–H groups in total. The van der Waals surface area contributed by atoms with Crippen molar-refractivity contribution in [3.05, 3.63) is 84.9 Å². The molecule has 0 unspecified atom stereocenters. The van der Waals surface area contributed by atoms with E-state index in [0.717, 1.165) is 0 Å². The lowest BCUT2D eigenvalue weighted by Crippen LogP contribution is -1.94. The third kappa shape index (κ3) is 1.94. The van der Waals surface area contributed by atoms with Crippen LogP contribution in [0.5, 0.6) is 0 Å². The highest BCUT2D eigenvalue weighted by atomic mass is 15.0. The summed E-state index contributed by atoms with van der Waals surface area (Å²) >= 11 is 0. The first-order chi connectivity index (χ1) is 10.9. The van der Waals surface area contributed by atoms with Crippen LogP contribution >= 0.6 is 0 Å². The summed E-state index contributed by atoms with van der Waals surface area (Å²) in [5.74, 6) is 0. The molecule has 0 spiro atoms. The molecule has 0 aliphatic heterocycles. The van der Waals surface area contributed by atoms with Crippen molar-refractivity contribution in [2.45, 2.75) is 0 Å². The van der Waals surface area contributed by atoms with Gasteiger partial charge in [-0.25, -0.2) is 0 Å². The van der Waals surface area contributed by atoms with Gasteiger partial charge in [-0.2, -0.15) is 0 Å². The monoisotopic (exact) mass is 283 g/mol. The first-order valence-electron chi connectivity index (χ1n) is 7.54. The topological polar surface area (TPSA) is 4.93 Å². The number of hydrogen-bond acceptors (Lipinski definition) is 0. The maximum atomic E-state index is 2.31. The number of benzene rings is 3. The Morgan fingerprint density at radius 3 is 1.27 bits per heavy atom. The summed E-state index contributed by atoms with van der Waals surface area (Å²) in [5.41, 5.74) is 5.05. The average Bonchev–Trinajstić information content (AvgIpc) is 2.88. The Morgan fingerprint density at radius 2 is 0.864 bits per heavy atom. The van der Waals surface area contributed by atoms with Crippen LogP contribution in [0.15, 0.2) is 84.9 Å². The molecule has 0 saturated carbocycles. The fourth-order valence-electron chi connectivity index (χ4n) is 3.26. The van der Waals surface area contributed by atoms with E-state index in [1.165, 1.54) is 33.3 Å². The Morgan fingerprint density at radius 1 is 0.500 bits per heavy atom. The largest absolute Gasteiger partial charge is 0.343 e. The molecule has 0 amide bonds. The predicted molar refractivity (Wildman–Crippen MR) is 93.8 cm³/mol. The van der Waals surface area contributed by atoms with Crippen LogP contribution in [0.2, 0.25) is 0 Å². The molecule has 1 heterocycles. The molecule has 3 aromatic carbocycles. The molecular formula is C21H17N. The summed E-state index contributed by atoms with van der Waals surface area (Å²) < 4.78 is 2.31. The molecule has 106 valence electrons. The molecule has 1 nitrogen and oxygen atoms in total. The Kier molecular flexibility index (Phi) is 3.05. The van der Waals surface area contributed by atoms with Gasteiger partial charge in [-0.1, -0.05) is 84.9 Å². The molecule has 0 atom stereocenters. The summed E-state index contributed by atoms with van der Waals surface area (Å²) in [5, 5.41) is 2.60. The van der Waals surface area contributed by atoms with Crippen molar-refractivity contribution in [2.75, 3.05) is 0 Å². The van der Waals surface area contributed by atoms with Crippen molar-refractivity contribution in [3.8, 4) is 22.5 Å². The van der Waals surface area contributed by atoms with E-state index in [2.05, 4.69) is 96.5 Å². The normalized spacial score (nSPS) is 11.0. The van der Waals surface area contributed by atoms with Gasteiger partial charge in [0.05, 0.1) is 11.4 Å². The fraction of sp³-hybridized carbons (Fsp3) is 0.0476. The van der Waals surface area contributed by atoms with E-state index in [1.807, 2.05) is 0 Å². The minimum atomic E-state index is 1.25. The summed E-state index contributed by atoms with van der Waals surface area (Å²) in [6.07, 6.45) is 0. The van der Waals surface area contributed by atoms with Crippen LogP contribution in [0.4, 0.5) is 0 Å². The Bertz CT molecular complexity index is 842. The van der Waals surface area contributed by atoms with Crippen molar-refractivity contribution in [1.82, 2.24) is 4.57 Å². The molecule has 0 fully saturated rings. The highest BCUT2D eigenvalue weighted by Gasteiger charge is 2.16. The van der Waals surface area contributed by atoms with Crippen molar-refractivity contribution >= 4 is 10.8 Å². The van der Waals surface area contributed by atoms with E-state index in [9.17, 15) is 0 Å². The minimum Gasteiger partial charge on any atom is -0.343 e. The standard InChI is InChI=1S/C21H17N/c1-22-20(16-10-4-2-5-11-16)18-14-8-9-15-19(18)21(22)17-12-6-3-7-13-17/h2-15H,1H3. The van der Waals surface area contributed by atoms with E-state index in [0.29, 0.717) is 0 Å². The van der Waals surface area contributed by atoms with Crippen molar-refractivity contribution < 1.29 is 0 Å². The number of aromatic nitrogens is 1. The zero-order valence-electron chi connectivity index (χ0n) is 12.5. The fourth-order valence-corrected chi connectivity index (χ4v) is 3.26. The maximum Gasteiger partial charge on any atom is 0.0562 e. The van der Waals surface area contributed by atoms with E-state index in [1.54, 1.807) is 0 Å². The summed E-state index contributed by atoms with van der Waals surface area (Å²) in [4.78, 5) is 0. The second kappa shape index (κ2) is 5.19. The molecule has 0 aliphatic rings. The predicted octanol–water partition coefficient (Wildman–Crippen LogP) is 5.51. The van der Waals surface area contributed by atoms with Crippen LogP contribution in [-0.4, -0.2) is 4.57 Å². The lowest BCUT2D eigenvalue weighted by atomic mass is 10.0. The van der Waals surface area contributed by atoms with Crippen LogP contribution < -0.4 is 0 Å². The molecular weight excluding hydrogens is 266 g/mol. The van der Waals surface area contributed by atoms with Gasteiger partial charge in [0, 0.05) is 17.8 Å². The lowest BCUT2D eigenvalue weighted by molar-refractivity contribution is 0.951. The van der Waals surface area contributed by atoms with Crippen LogP contribution in [-0.2, 0) is 7.05 Å². The third-order valence-corrected chi connectivity index (χ3v) is 4.20. The summed E-state index contributed by atoms with van der Waals surface area (Å²) in [7, 11) is 2.16. The van der Waals surface area contributed by atoms with Crippen molar-refractivity contribution in [1.29, 1.82) is 0 Å². The second-order valence-electron chi connectivity index (χ2n) is 5.53. The van der Waals surface area contributed by atoms with E-state index >= 15 is 0 Å². The van der Waals surface area contributed by atoms with E-state index < -0.39 is 0 Å². The van der Waals surface area contributed by atoms with E-state index in [4.69, 9.17) is 0 Å². The molecule has 0 radical (unpaired) electrons. The first-order valence-corrected chi connectivity index (χ1v) is 7.54. The molecule has 1 heteroatoms. The lowest BCUT2D eigenvalue weighted by Gasteiger charge is -2.08. The molecule has 4 aromatic rings. The zero-order valence-corrected chi connectivity index (χ0v) is 12.5. The molecule has 0 aliphatic carbocycles. The molecule has 0 bridgehead atoms. The Balaban J connectivity index is 2.10. The van der Waals surface area contributed by atoms with Gasteiger partial charge in [0.2, 0.25) is 0 Å². The van der Waals surface area contributed by atoms with Gasteiger partial charge in [-0.05, 0) is 11.1 Å². The molecule has 22 heavy (non-hydrogen) atoms. The first kappa shape index (κ1) is 12.9. The van der Waals surface area contributed by atoms with Crippen molar-refractivity contribution in [2.24, 2.45) is 7.05 Å². The molecule has 4 rings (SSSR count). The maximum absolute atomic E-state index is 2.31. The Labute approximate surface area is 130 Å². The SMILES string of the molecule is Cn1c(-c2ccccc2)c2ccccc2c1-c1ccccc1. The minimum absolute atomic E-state index is 1.25. The van der Waals surface area contributed by atoms with Crippen LogP contribution in [0.25, 0.3) is 33.3 Å². The van der Waals surface area contributed by atoms with Gasteiger partial charge in [-0.3, -0.25) is 0 Å². The second-order valence-corrected chi connectivity index (χ2v) is 5.53. The highest BCUT2D eigenvalue weighted by Crippen LogP contribution is 2.38. The third-order valence-electron chi connectivity index (χ3n) is 4.20. The summed E-state index contributed by atoms with van der Waals surface area (Å²) in [6, 6.07) is 29.9. The van der Waals surface area contributed by atoms with Gasteiger partial charge < -0.3 is 4.57 Å². The summed E-state index contributed by atoms with van der Waals surface area (Å²) in [6.45, 7) is 0. The quantitative estimate of drug-likeness (QED) is 0.457. The molecule has 1 aromatic heterocycles. The number of rotatable bonds is 2.